The Morgan fingerprint density at radius 2 is 2.00 bits per heavy atom. The van der Waals surface area contributed by atoms with Gasteiger partial charge >= 0.3 is 6.09 Å². The minimum absolute atomic E-state index is 0. The Morgan fingerprint density at radius 3 is 2.31 bits per heavy atom. The Bertz CT molecular complexity index is 163. The minimum Gasteiger partial charge on any atom is -0.465 e. The molecule has 0 aromatic heterocycles. The molecule has 1 saturated carbocycles. The average molecular weight is 231 g/mol. The molecule has 3 N–H and O–H groups in total. The van der Waals surface area contributed by atoms with E-state index in [9.17, 15) is 4.79 Å². The maximum Gasteiger partial charge on any atom is 0.407 e. The van der Waals surface area contributed by atoms with Crippen molar-refractivity contribution >= 4 is 30.9 Å². The first-order chi connectivity index (χ1) is 5.09. The molecule has 1 rings (SSSR count). The molecular weight excluding hydrogens is 215 g/mol. The lowest BCUT2D eigenvalue weighted by Crippen LogP contribution is -2.42. The zero-order valence-electron chi connectivity index (χ0n) is 7.47. The number of halogens is 2. The van der Waals surface area contributed by atoms with E-state index in [0.717, 1.165) is 12.8 Å². The SMILES string of the molecule is CN(C[C@H]1C[C@H](N)C1)C(=O)O.Cl.Cl. The van der Waals surface area contributed by atoms with Gasteiger partial charge in [-0.3, -0.25) is 0 Å². The van der Waals surface area contributed by atoms with Gasteiger partial charge in [-0.15, -0.1) is 24.8 Å². The first-order valence-electron chi connectivity index (χ1n) is 3.79. The van der Waals surface area contributed by atoms with Crippen molar-refractivity contribution in [3.8, 4) is 0 Å². The second-order valence-electron chi connectivity index (χ2n) is 3.26. The van der Waals surface area contributed by atoms with Crippen LogP contribution < -0.4 is 5.73 Å². The molecule has 1 amide bonds. The van der Waals surface area contributed by atoms with Gasteiger partial charge in [0.2, 0.25) is 0 Å². The van der Waals surface area contributed by atoms with Crippen LogP contribution in [-0.4, -0.2) is 35.7 Å². The zero-order valence-corrected chi connectivity index (χ0v) is 9.11. The van der Waals surface area contributed by atoms with Crippen molar-refractivity contribution < 1.29 is 9.90 Å². The summed E-state index contributed by atoms with van der Waals surface area (Å²) in [4.78, 5) is 11.7. The van der Waals surface area contributed by atoms with Crippen LogP contribution in [0, 0.1) is 5.92 Å². The molecule has 0 atom stereocenters. The number of nitrogens with zero attached hydrogens (tertiary/aromatic N) is 1. The summed E-state index contributed by atoms with van der Waals surface area (Å²) in [5, 5.41) is 8.51. The molecule has 1 aliphatic rings. The van der Waals surface area contributed by atoms with Crippen molar-refractivity contribution in [1.82, 2.24) is 4.90 Å². The highest BCUT2D eigenvalue weighted by molar-refractivity contribution is 5.85. The Labute approximate surface area is 90.3 Å². The summed E-state index contributed by atoms with van der Waals surface area (Å²) in [5.41, 5.74) is 5.55. The van der Waals surface area contributed by atoms with Crippen LogP contribution in [0.25, 0.3) is 0 Å². The summed E-state index contributed by atoms with van der Waals surface area (Å²) < 4.78 is 0. The van der Waals surface area contributed by atoms with Crippen molar-refractivity contribution in [2.24, 2.45) is 11.7 Å². The molecule has 1 fully saturated rings. The lowest BCUT2D eigenvalue weighted by atomic mass is 9.81. The molecule has 0 aromatic rings. The van der Waals surface area contributed by atoms with Crippen molar-refractivity contribution in [2.45, 2.75) is 18.9 Å². The van der Waals surface area contributed by atoms with E-state index in [4.69, 9.17) is 10.8 Å². The molecule has 0 radical (unpaired) electrons. The lowest BCUT2D eigenvalue weighted by Gasteiger charge is -2.34. The fraction of sp³-hybridized carbons (Fsp3) is 0.857. The van der Waals surface area contributed by atoms with Gasteiger partial charge in [-0.1, -0.05) is 0 Å². The molecule has 13 heavy (non-hydrogen) atoms. The maximum atomic E-state index is 10.4. The standard InChI is InChI=1S/C7H14N2O2.2ClH/c1-9(7(10)11)4-5-2-6(8)3-5;;/h5-6H,2-4,8H2,1H3,(H,10,11);2*1H/t5-,6-;;. The van der Waals surface area contributed by atoms with Crippen LogP contribution >= 0.6 is 24.8 Å². The Balaban J connectivity index is 0. The third-order valence-corrected chi connectivity index (χ3v) is 2.13. The minimum atomic E-state index is -0.856. The van der Waals surface area contributed by atoms with E-state index in [1.165, 1.54) is 4.90 Å². The van der Waals surface area contributed by atoms with Crippen molar-refractivity contribution in [1.29, 1.82) is 0 Å². The number of hydrogen-bond donors (Lipinski definition) is 2. The summed E-state index contributed by atoms with van der Waals surface area (Å²) in [6.07, 6.45) is 1.08. The molecule has 0 aromatic carbocycles. The van der Waals surface area contributed by atoms with E-state index in [1.807, 2.05) is 0 Å². The Kier molecular flexibility index (Phi) is 7.40. The van der Waals surface area contributed by atoms with E-state index in [-0.39, 0.29) is 24.8 Å². The predicted molar refractivity (Wildman–Crippen MR) is 55.9 cm³/mol. The molecular formula is C7H16Cl2N2O2. The predicted octanol–water partition coefficient (Wildman–Crippen LogP) is 1.18. The number of rotatable bonds is 2. The summed E-state index contributed by atoms with van der Waals surface area (Å²) in [5.74, 6) is 0.492. The second kappa shape index (κ2) is 6.29. The van der Waals surface area contributed by atoms with E-state index >= 15 is 0 Å². The van der Waals surface area contributed by atoms with E-state index in [0.29, 0.717) is 18.5 Å². The van der Waals surface area contributed by atoms with Crippen molar-refractivity contribution in [3.05, 3.63) is 0 Å². The largest absolute Gasteiger partial charge is 0.465 e. The van der Waals surface area contributed by atoms with Gasteiger partial charge in [0.05, 0.1) is 0 Å². The van der Waals surface area contributed by atoms with E-state index in [1.54, 1.807) is 7.05 Å². The van der Waals surface area contributed by atoms with E-state index in [2.05, 4.69) is 0 Å². The van der Waals surface area contributed by atoms with Crippen LogP contribution in [0.5, 0.6) is 0 Å². The number of carboxylic acid groups (broad SMARTS) is 1. The normalized spacial score (nSPS) is 24.8. The summed E-state index contributed by atoms with van der Waals surface area (Å²) in [6.45, 7) is 0.628. The molecule has 0 spiro atoms. The van der Waals surface area contributed by atoms with Gasteiger partial charge in [0.25, 0.3) is 0 Å². The first-order valence-corrected chi connectivity index (χ1v) is 3.79. The number of amides is 1. The van der Waals surface area contributed by atoms with Gasteiger partial charge in [0.15, 0.2) is 0 Å². The summed E-state index contributed by atoms with van der Waals surface area (Å²) in [7, 11) is 1.59. The number of nitrogens with two attached hydrogens (primary N) is 1. The molecule has 1 aliphatic carbocycles. The highest BCUT2D eigenvalue weighted by Gasteiger charge is 2.27. The maximum absolute atomic E-state index is 10.4. The molecule has 0 bridgehead atoms. The van der Waals surface area contributed by atoms with Crippen LogP contribution in [0.4, 0.5) is 4.79 Å². The van der Waals surface area contributed by atoms with E-state index < -0.39 is 6.09 Å². The molecule has 80 valence electrons. The fourth-order valence-electron chi connectivity index (χ4n) is 1.40. The van der Waals surface area contributed by atoms with Gasteiger partial charge in [0.1, 0.15) is 0 Å². The zero-order chi connectivity index (χ0) is 8.43. The number of carbonyl (C=O) groups is 1. The average Bonchev–Trinajstić information content (AvgIpc) is 1.84. The first kappa shape index (κ1) is 15.3. The monoisotopic (exact) mass is 230 g/mol. The van der Waals surface area contributed by atoms with Crippen LogP contribution in [0.3, 0.4) is 0 Å². The second-order valence-corrected chi connectivity index (χ2v) is 3.26. The number of hydrogen-bond acceptors (Lipinski definition) is 2. The third-order valence-electron chi connectivity index (χ3n) is 2.13. The van der Waals surface area contributed by atoms with Gasteiger partial charge in [0, 0.05) is 19.6 Å². The van der Waals surface area contributed by atoms with Gasteiger partial charge in [-0.25, -0.2) is 4.79 Å². The van der Waals surface area contributed by atoms with Crippen LogP contribution in [-0.2, 0) is 0 Å². The van der Waals surface area contributed by atoms with Gasteiger partial charge in [-0.2, -0.15) is 0 Å². The highest BCUT2D eigenvalue weighted by atomic mass is 35.5. The van der Waals surface area contributed by atoms with Crippen molar-refractivity contribution in [3.63, 3.8) is 0 Å². The Hall–Kier alpha value is -0.190. The topological polar surface area (TPSA) is 66.6 Å². The fourth-order valence-corrected chi connectivity index (χ4v) is 1.40. The molecule has 6 heteroatoms. The highest BCUT2D eigenvalue weighted by Crippen LogP contribution is 2.25. The Morgan fingerprint density at radius 1 is 1.54 bits per heavy atom. The smallest absolute Gasteiger partial charge is 0.407 e. The molecule has 0 aliphatic heterocycles. The lowest BCUT2D eigenvalue weighted by molar-refractivity contribution is 0.132. The van der Waals surface area contributed by atoms with Crippen LogP contribution in [0.2, 0.25) is 0 Å². The van der Waals surface area contributed by atoms with Crippen LogP contribution in [0.15, 0.2) is 0 Å². The van der Waals surface area contributed by atoms with Crippen LogP contribution in [0.1, 0.15) is 12.8 Å². The molecule has 4 nitrogen and oxygen atoms in total. The van der Waals surface area contributed by atoms with Crippen molar-refractivity contribution in [2.75, 3.05) is 13.6 Å². The van der Waals surface area contributed by atoms with Gasteiger partial charge < -0.3 is 15.7 Å². The molecule has 0 saturated heterocycles. The quantitative estimate of drug-likeness (QED) is 0.749. The molecule has 0 unspecified atom stereocenters. The summed E-state index contributed by atoms with van der Waals surface area (Å²) >= 11 is 0. The molecule has 0 heterocycles. The van der Waals surface area contributed by atoms with Gasteiger partial charge in [-0.05, 0) is 18.8 Å². The summed E-state index contributed by atoms with van der Waals surface area (Å²) in [6, 6.07) is 0.308. The third kappa shape index (κ3) is 4.55.